The normalized spacial score (nSPS) is 13.0. The smallest absolute Gasteiger partial charge is 0.209 e. The molecule has 0 amide bonds. The van der Waals surface area contributed by atoms with Crippen molar-refractivity contribution in [3.8, 4) is 5.75 Å². The molecule has 0 aliphatic carbocycles. The van der Waals surface area contributed by atoms with Crippen LogP contribution < -0.4 is 10.1 Å². The van der Waals surface area contributed by atoms with Crippen molar-refractivity contribution in [2.24, 2.45) is 0 Å². The molecule has 0 radical (unpaired) electrons. The second-order valence-electron chi connectivity index (χ2n) is 4.61. The summed E-state index contributed by atoms with van der Waals surface area (Å²) < 4.78 is 4.33. The van der Waals surface area contributed by atoms with Gasteiger partial charge in [-0.2, -0.15) is 0 Å². The third-order valence-corrected chi connectivity index (χ3v) is 3.73. The fraction of sp³-hybridized carbons (Fsp3) is 0.250. The van der Waals surface area contributed by atoms with Gasteiger partial charge >= 0.3 is 0 Å². The average Bonchev–Trinajstić information content (AvgIpc) is 2.47. The van der Waals surface area contributed by atoms with Crippen molar-refractivity contribution in [2.75, 3.05) is 7.05 Å². The molecule has 0 bridgehead atoms. The Morgan fingerprint density at radius 3 is 2.14 bits per heavy atom. The van der Waals surface area contributed by atoms with Crippen LogP contribution in [0.1, 0.15) is 17.2 Å². The summed E-state index contributed by atoms with van der Waals surface area (Å²) in [7, 11) is 1.76. The molecular weight excluding hydrogens is 329 g/mol. The molecule has 5 heteroatoms. The molecule has 1 unspecified atom stereocenters. The maximum Gasteiger partial charge on any atom is 0.209 e. The lowest BCUT2D eigenvalue weighted by molar-refractivity contribution is 0.306. The molecule has 21 heavy (non-hydrogen) atoms. The largest absolute Gasteiger partial charge is 0.489 e. The number of hydrogen-bond donors (Lipinski definition) is 1. The van der Waals surface area contributed by atoms with Crippen molar-refractivity contribution >= 4 is 34.8 Å². The summed E-state index contributed by atoms with van der Waals surface area (Å²) in [5.41, 5.74) is 2.01. The molecule has 0 fully saturated rings. The molecule has 2 rings (SSSR count). The standard InChI is InChI=1S/C16H16Cl3NO/c1-20-15(16(17,18)19)13-7-9-14(10-8-13)21-11-12-5-3-2-4-6-12/h2-10,15,20H,11H2,1H3. The van der Waals surface area contributed by atoms with Crippen LogP contribution in [0.4, 0.5) is 0 Å². The van der Waals surface area contributed by atoms with E-state index in [0.29, 0.717) is 6.61 Å². The number of alkyl halides is 3. The Bertz CT molecular complexity index is 552. The molecule has 2 aromatic rings. The van der Waals surface area contributed by atoms with Crippen LogP contribution in [0.15, 0.2) is 54.6 Å². The Morgan fingerprint density at radius 1 is 1.00 bits per heavy atom. The zero-order valence-corrected chi connectivity index (χ0v) is 13.8. The van der Waals surface area contributed by atoms with Crippen molar-refractivity contribution in [3.05, 3.63) is 65.7 Å². The highest BCUT2D eigenvalue weighted by Crippen LogP contribution is 2.39. The second-order valence-corrected chi connectivity index (χ2v) is 6.98. The molecular formula is C16H16Cl3NO. The quantitative estimate of drug-likeness (QED) is 0.779. The van der Waals surface area contributed by atoms with Crippen LogP contribution in [-0.4, -0.2) is 10.8 Å². The lowest BCUT2D eigenvalue weighted by Crippen LogP contribution is -2.29. The molecule has 0 aromatic heterocycles. The Labute approximate surface area is 140 Å². The van der Waals surface area contributed by atoms with Crippen molar-refractivity contribution in [2.45, 2.75) is 16.4 Å². The van der Waals surface area contributed by atoms with Gasteiger partial charge in [0.1, 0.15) is 12.4 Å². The minimum Gasteiger partial charge on any atom is -0.489 e. The zero-order chi connectivity index (χ0) is 15.3. The van der Waals surface area contributed by atoms with E-state index in [-0.39, 0.29) is 6.04 Å². The van der Waals surface area contributed by atoms with Gasteiger partial charge < -0.3 is 10.1 Å². The van der Waals surface area contributed by atoms with E-state index in [1.165, 1.54) is 0 Å². The fourth-order valence-electron chi connectivity index (χ4n) is 2.02. The number of nitrogens with one attached hydrogen (secondary N) is 1. The molecule has 2 aromatic carbocycles. The van der Waals surface area contributed by atoms with Crippen LogP contribution in [0, 0.1) is 0 Å². The molecule has 1 atom stereocenters. The SMILES string of the molecule is CNC(c1ccc(OCc2ccccc2)cc1)C(Cl)(Cl)Cl. The van der Waals surface area contributed by atoms with Gasteiger partial charge in [-0.05, 0) is 30.3 Å². The third-order valence-electron chi connectivity index (χ3n) is 3.08. The van der Waals surface area contributed by atoms with E-state index in [2.05, 4.69) is 5.32 Å². The number of halogens is 3. The van der Waals surface area contributed by atoms with E-state index >= 15 is 0 Å². The van der Waals surface area contributed by atoms with E-state index in [1.54, 1.807) is 7.05 Å². The van der Waals surface area contributed by atoms with Crippen molar-refractivity contribution in [1.29, 1.82) is 0 Å². The van der Waals surface area contributed by atoms with Crippen LogP contribution >= 0.6 is 34.8 Å². The number of rotatable bonds is 5. The highest BCUT2D eigenvalue weighted by atomic mass is 35.6. The highest BCUT2D eigenvalue weighted by molar-refractivity contribution is 6.68. The van der Waals surface area contributed by atoms with Crippen LogP contribution in [0.25, 0.3) is 0 Å². The molecule has 0 heterocycles. The van der Waals surface area contributed by atoms with E-state index in [9.17, 15) is 0 Å². The summed E-state index contributed by atoms with van der Waals surface area (Å²) in [6, 6.07) is 17.2. The molecule has 0 spiro atoms. The first kappa shape index (κ1) is 16.4. The van der Waals surface area contributed by atoms with Crippen molar-refractivity contribution in [1.82, 2.24) is 5.32 Å². The molecule has 0 saturated carbocycles. The van der Waals surface area contributed by atoms with Crippen molar-refractivity contribution in [3.63, 3.8) is 0 Å². The van der Waals surface area contributed by atoms with E-state index in [4.69, 9.17) is 39.5 Å². The van der Waals surface area contributed by atoms with Gasteiger partial charge in [-0.25, -0.2) is 0 Å². The minimum atomic E-state index is -1.40. The van der Waals surface area contributed by atoms with Crippen molar-refractivity contribution < 1.29 is 4.74 Å². The third kappa shape index (κ3) is 4.79. The van der Waals surface area contributed by atoms with Gasteiger partial charge in [0.05, 0.1) is 6.04 Å². The Kier molecular flexibility index (Phi) is 5.77. The number of hydrogen-bond acceptors (Lipinski definition) is 2. The second kappa shape index (κ2) is 7.37. The van der Waals surface area contributed by atoms with Crippen LogP contribution in [0.5, 0.6) is 5.75 Å². The number of benzene rings is 2. The molecule has 112 valence electrons. The molecule has 0 saturated heterocycles. The Morgan fingerprint density at radius 2 is 1.62 bits per heavy atom. The van der Waals surface area contributed by atoms with Gasteiger partial charge in [0.15, 0.2) is 0 Å². The fourth-order valence-corrected chi connectivity index (χ4v) is 2.72. The Hall–Kier alpha value is -0.930. The van der Waals surface area contributed by atoms with Crippen LogP contribution in [0.2, 0.25) is 0 Å². The Balaban J connectivity index is 2.02. The predicted molar refractivity (Wildman–Crippen MR) is 89.3 cm³/mol. The molecule has 0 aliphatic heterocycles. The van der Waals surface area contributed by atoms with E-state index in [1.807, 2.05) is 54.6 Å². The maximum atomic E-state index is 5.95. The molecule has 2 nitrogen and oxygen atoms in total. The number of ether oxygens (including phenoxy) is 1. The first-order valence-electron chi connectivity index (χ1n) is 6.51. The topological polar surface area (TPSA) is 21.3 Å². The monoisotopic (exact) mass is 343 g/mol. The van der Waals surface area contributed by atoms with Crippen LogP contribution in [-0.2, 0) is 6.61 Å². The summed E-state index contributed by atoms with van der Waals surface area (Å²) >= 11 is 17.9. The van der Waals surface area contributed by atoms with Gasteiger partial charge in [-0.15, -0.1) is 0 Å². The highest BCUT2D eigenvalue weighted by Gasteiger charge is 2.32. The summed E-state index contributed by atoms with van der Waals surface area (Å²) in [4.78, 5) is 0. The lowest BCUT2D eigenvalue weighted by Gasteiger charge is -2.24. The van der Waals surface area contributed by atoms with Crippen LogP contribution in [0.3, 0.4) is 0 Å². The molecule has 0 aliphatic rings. The van der Waals surface area contributed by atoms with Gasteiger partial charge in [0.25, 0.3) is 0 Å². The van der Waals surface area contributed by atoms with E-state index < -0.39 is 3.79 Å². The first-order chi connectivity index (χ1) is 10.0. The van der Waals surface area contributed by atoms with Gasteiger partial charge in [-0.3, -0.25) is 0 Å². The summed E-state index contributed by atoms with van der Waals surface area (Å²) in [6.07, 6.45) is 0. The predicted octanol–water partition coefficient (Wildman–Crippen LogP) is 4.90. The summed E-state index contributed by atoms with van der Waals surface area (Å²) in [6.45, 7) is 0.528. The minimum absolute atomic E-state index is 0.370. The zero-order valence-electron chi connectivity index (χ0n) is 11.5. The summed E-state index contributed by atoms with van der Waals surface area (Å²) in [5, 5.41) is 3.00. The average molecular weight is 345 g/mol. The van der Waals surface area contributed by atoms with Gasteiger partial charge in [0, 0.05) is 0 Å². The lowest BCUT2D eigenvalue weighted by atomic mass is 10.1. The first-order valence-corrected chi connectivity index (χ1v) is 7.65. The van der Waals surface area contributed by atoms with Gasteiger partial charge in [0.2, 0.25) is 3.79 Å². The molecule has 1 N–H and O–H groups in total. The summed E-state index contributed by atoms with van der Waals surface area (Å²) in [5.74, 6) is 0.779. The van der Waals surface area contributed by atoms with Gasteiger partial charge in [-0.1, -0.05) is 77.3 Å². The maximum absolute atomic E-state index is 5.95. The van der Waals surface area contributed by atoms with E-state index in [0.717, 1.165) is 16.9 Å².